The normalized spacial score (nSPS) is 11.3. The van der Waals surface area contributed by atoms with Crippen LogP contribution in [0.4, 0.5) is 19.6 Å². The number of anilines is 2. The van der Waals surface area contributed by atoms with Gasteiger partial charge in [-0.25, -0.2) is 18.7 Å². The number of nitrogens with zero attached hydrogens (tertiary/aromatic N) is 3. The number of hydrogen-bond donors (Lipinski definition) is 0. The summed E-state index contributed by atoms with van der Waals surface area (Å²) in [7, 11) is 0. The zero-order chi connectivity index (χ0) is 20.4. The van der Waals surface area contributed by atoms with Crippen molar-refractivity contribution < 1.29 is 13.6 Å². The number of para-hydroxylation sites is 1. The summed E-state index contributed by atoms with van der Waals surface area (Å²) in [4.78, 5) is 22.2. The van der Waals surface area contributed by atoms with E-state index in [2.05, 4.69) is 9.97 Å². The molecule has 2 aromatic heterocycles. The highest BCUT2D eigenvalue weighted by Crippen LogP contribution is 2.31. The predicted molar refractivity (Wildman–Crippen MR) is 112 cm³/mol. The Hall–Kier alpha value is -3.45. The van der Waals surface area contributed by atoms with E-state index in [1.807, 2.05) is 42.5 Å². The van der Waals surface area contributed by atoms with E-state index >= 15 is 0 Å². The third kappa shape index (κ3) is 4.05. The molecule has 7 heteroatoms. The molecule has 0 N–H and O–H groups in total. The molecule has 4 aromatic rings. The van der Waals surface area contributed by atoms with Crippen LogP contribution in [0.2, 0.25) is 0 Å². The maximum Gasteiger partial charge on any atom is 0.230 e. The number of hydrogen-bond acceptors (Lipinski definition) is 4. The van der Waals surface area contributed by atoms with Gasteiger partial charge in [-0.15, -0.1) is 11.3 Å². The van der Waals surface area contributed by atoms with Crippen molar-refractivity contribution in [1.29, 1.82) is 0 Å². The fourth-order valence-corrected chi connectivity index (χ4v) is 3.72. The monoisotopic (exact) mass is 407 g/mol. The first-order valence-corrected chi connectivity index (χ1v) is 9.64. The number of thiazole rings is 1. The Labute approximate surface area is 169 Å². The Morgan fingerprint density at radius 2 is 1.79 bits per heavy atom. The van der Waals surface area contributed by atoms with Gasteiger partial charge in [-0.1, -0.05) is 24.3 Å². The average Bonchev–Trinajstić information content (AvgIpc) is 3.16. The van der Waals surface area contributed by atoms with Crippen LogP contribution in [0.3, 0.4) is 0 Å². The second-order valence-electron chi connectivity index (χ2n) is 6.27. The summed E-state index contributed by atoms with van der Waals surface area (Å²) < 4.78 is 27.4. The number of rotatable bonds is 4. The molecule has 0 spiro atoms. The van der Waals surface area contributed by atoms with Gasteiger partial charge in [0.25, 0.3) is 0 Å². The lowest BCUT2D eigenvalue weighted by atomic mass is 10.2. The van der Waals surface area contributed by atoms with Crippen molar-refractivity contribution >= 4 is 51.1 Å². The predicted octanol–water partition coefficient (Wildman–Crippen LogP) is 5.82. The van der Waals surface area contributed by atoms with Gasteiger partial charge in [0.1, 0.15) is 11.6 Å². The Morgan fingerprint density at radius 3 is 2.59 bits per heavy atom. The maximum atomic E-state index is 14.2. The van der Waals surface area contributed by atoms with Crippen molar-refractivity contribution in [3.05, 3.63) is 83.0 Å². The molecule has 4 nitrogen and oxygen atoms in total. The van der Waals surface area contributed by atoms with Crippen molar-refractivity contribution in [2.24, 2.45) is 0 Å². The fraction of sp³-hybridized carbons (Fsp3) is 0.0455. The molecule has 2 heterocycles. The molecule has 1 amide bonds. The van der Waals surface area contributed by atoms with Crippen molar-refractivity contribution in [1.82, 2.24) is 9.97 Å². The van der Waals surface area contributed by atoms with Crippen molar-refractivity contribution in [2.75, 3.05) is 4.90 Å². The fourth-order valence-electron chi connectivity index (χ4n) is 2.87. The first-order valence-electron chi connectivity index (χ1n) is 8.76. The lowest BCUT2D eigenvalue weighted by Crippen LogP contribution is -2.23. The minimum Gasteiger partial charge on any atom is -0.274 e. The van der Waals surface area contributed by atoms with Gasteiger partial charge in [0.2, 0.25) is 5.91 Å². The summed E-state index contributed by atoms with van der Waals surface area (Å²) in [5.74, 6) is -1.95. The minimum absolute atomic E-state index is 0.0417. The lowest BCUT2D eigenvalue weighted by molar-refractivity contribution is -0.115. The zero-order valence-electron chi connectivity index (χ0n) is 15.3. The van der Waals surface area contributed by atoms with Crippen LogP contribution >= 0.6 is 11.3 Å². The molecule has 0 unspecified atom stereocenters. The second-order valence-corrected chi connectivity index (χ2v) is 7.10. The van der Waals surface area contributed by atoms with Gasteiger partial charge >= 0.3 is 0 Å². The van der Waals surface area contributed by atoms with Crippen LogP contribution < -0.4 is 4.90 Å². The Kier molecular flexibility index (Phi) is 5.14. The van der Waals surface area contributed by atoms with E-state index in [-0.39, 0.29) is 5.69 Å². The molecule has 0 radical (unpaired) electrons. The summed E-state index contributed by atoms with van der Waals surface area (Å²) in [5.41, 5.74) is 2.23. The Bertz CT molecular complexity index is 1240. The van der Waals surface area contributed by atoms with Crippen molar-refractivity contribution in [3.8, 4) is 0 Å². The van der Waals surface area contributed by atoms with Gasteiger partial charge in [0.15, 0.2) is 5.13 Å². The molecular weight excluding hydrogens is 392 g/mol. The van der Waals surface area contributed by atoms with Crippen LogP contribution in [0.5, 0.6) is 0 Å². The van der Waals surface area contributed by atoms with Gasteiger partial charge < -0.3 is 0 Å². The topological polar surface area (TPSA) is 46.1 Å². The summed E-state index contributed by atoms with van der Waals surface area (Å²) in [6.07, 6.45) is 3.60. The molecule has 0 aliphatic carbocycles. The number of amides is 1. The molecular formula is C22H15F2N3OS. The molecule has 144 valence electrons. The first-order chi connectivity index (χ1) is 14.0. The van der Waals surface area contributed by atoms with E-state index in [0.717, 1.165) is 33.6 Å². The van der Waals surface area contributed by atoms with E-state index in [0.29, 0.717) is 10.8 Å². The summed E-state index contributed by atoms with van der Waals surface area (Å²) in [6.45, 7) is 1.30. The molecule has 0 atom stereocenters. The maximum absolute atomic E-state index is 14.2. The number of fused-ring (bicyclic) bond motifs is 1. The van der Waals surface area contributed by atoms with E-state index in [9.17, 15) is 13.6 Å². The SMILES string of the molecule is CC(=O)N(c1nc(/C=C/c2ccc3ccccc3n2)cs1)c1ccc(F)cc1F. The molecule has 2 aromatic carbocycles. The van der Waals surface area contributed by atoms with Crippen LogP contribution in [0.15, 0.2) is 60.0 Å². The van der Waals surface area contributed by atoms with Crippen LogP contribution in [0, 0.1) is 11.6 Å². The highest BCUT2D eigenvalue weighted by atomic mass is 32.1. The third-order valence-electron chi connectivity index (χ3n) is 4.21. The number of benzene rings is 2. The number of aromatic nitrogens is 2. The van der Waals surface area contributed by atoms with Crippen molar-refractivity contribution in [2.45, 2.75) is 6.92 Å². The molecule has 0 fully saturated rings. The van der Waals surface area contributed by atoms with Crippen LogP contribution in [-0.2, 0) is 4.79 Å². The molecule has 0 aliphatic rings. The highest BCUT2D eigenvalue weighted by molar-refractivity contribution is 7.14. The Morgan fingerprint density at radius 1 is 1.00 bits per heavy atom. The number of carbonyl (C=O) groups excluding carboxylic acids is 1. The van der Waals surface area contributed by atoms with Gasteiger partial charge in [-0.3, -0.25) is 9.69 Å². The Balaban J connectivity index is 1.61. The van der Waals surface area contributed by atoms with Gasteiger partial charge in [-0.05, 0) is 36.4 Å². The van der Waals surface area contributed by atoms with Gasteiger partial charge in [0.05, 0.1) is 22.6 Å². The molecule has 4 rings (SSSR count). The smallest absolute Gasteiger partial charge is 0.230 e. The third-order valence-corrected chi connectivity index (χ3v) is 5.06. The minimum atomic E-state index is -0.826. The van der Waals surface area contributed by atoms with Crippen LogP contribution in [0.1, 0.15) is 18.3 Å². The largest absolute Gasteiger partial charge is 0.274 e. The number of halogens is 2. The standard InChI is InChI=1S/C22H15F2N3OS/c1-14(28)27(21-11-7-16(23)12-19(21)24)22-26-18(13-29-22)10-9-17-8-6-15-4-2-3-5-20(15)25-17/h2-13H,1H3/b10-9+. The van der Waals surface area contributed by atoms with E-state index in [1.54, 1.807) is 11.5 Å². The molecule has 0 aliphatic heterocycles. The number of pyridine rings is 1. The molecule has 0 saturated heterocycles. The van der Waals surface area contributed by atoms with Crippen LogP contribution in [0.25, 0.3) is 23.1 Å². The summed E-state index contributed by atoms with van der Waals surface area (Å²) in [6, 6.07) is 14.8. The lowest BCUT2D eigenvalue weighted by Gasteiger charge is -2.18. The van der Waals surface area contributed by atoms with Crippen LogP contribution in [-0.4, -0.2) is 15.9 Å². The number of carbonyl (C=O) groups is 1. The molecule has 0 bridgehead atoms. The highest BCUT2D eigenvalue weighted by Gasteiger charge is 2.21. The van der Waals surface area contributed by atoms with E-state index < -0.39 is 17.5 Å². The summed E-state index contributed by atoms with van der Waals surface area (Å²) in [5, 5.41) is 3.11. The van der Waals surface area contributed by atoms with Gasteiger partial charge in [0, 0.05) is 23.8 Å². The first kappa shape index (κ1) is 18.9. The van der Waals surface area contributed by atoms with E-state index in [1.165, 1.54) is 24.3 Å². The van der Waals surface area contributed by atoms with Crippen molar-refractivity contribution in [3.63, 3.8) is 0 Å². The molecule has 0 saturated carbocycles. The summed E-state index contributed by atoms with van der Waals surface area (Å²) >= 11 is 1.19. The molecule has 29 heavy (non-hydrogen) atoms. The quantitative estimate of drug-likeness (QED) is 0.428. The van der Waals surface area contributed by atoms with Gasteiger partial charge in [-0.2, -0.15) is 0 Å². The van der Waals surface area contributed by atoms with E-state index in [4.69, 9.17) is 0 Å². The average molecular weight is 407 g/mol. The zero-order valence-corrected chi connectivity index (χ0v) is 16.2. The second kappa shape index (κ2) is 7.89.